The van der Waals surface area contributed by atoms with Crippen LogP contribution >= 0.6 is 0 Å². The van der Waals surface area contributed by atoms with Crippen molar-refractivity contribution in [1.82, 2.24) is 14.9 Å². The first-order chi connectivity index (χ1) is 9.89. The van der Waals surface area contributed by atoms with E-state index in [2.05, 4.69) is 10.0 Å². The molecule has 1 aliphatic heterocycles. The summed E-state index contributed by atoms with van der Waals surface area (Å²) >= 11 is 0. The van der Waals surface area contributed by atoms with Gasteiger partial charge in [0.2, 0.25) is 15.9 Å². The highest BCUT2D eigenvalue weighted by atomic mass is 32.2. The largest absolute Gasteiger partial charge is 0.342 e. The zero-order chi connectivity index (χ0) is 15.9. The molecule has 0 aliphatic carbocycles. The van der Waals surface area contributed by atoms with E-state index in [9.17, 15) is 13.2 Å². The summed E-state index contributed by atoms with van der Waals surface area (Å²) in [5.41, 5.74) is 0. The van der Waals surface area contributed by atoms with Crippen LogP contribution in [0.1, 0.15) is 40.0 Å². The zero-order valence-electron chi connectivity index (χ0n) is 13.4. The fourth-order valence-corrected chi connectivity index (χ4v) is 4.08. The van der Waals surface area contributed by atoms with Crippen molar-refractivity contribution in [3.63, 3.8) is 0 Å². The molecule has 0 aromatic carbocycles. The number of piperidine rings is 1. The maximum atomic E-state index is 12.1. The lowest BCUT2D eigenvalue weighted by molar-refractivity contribution is -0.132. The molecule has 1 unspecified atom stereocenters. The van der Waals surface area contributed by atoms with Crippen LogP contribution in [0.4, 0.5) is 0 Å². The number of hydrogen-bond donors (Lipinski definition) is 2. The molecule has 0 saturated carbocycles. The van der Waals surface area contributed by atoms with Crippen molar-refractivity contribution in [3.05, 3.63) is 0 Å². The molecule has 1 rings (SSSR count). The lowest BCUT2D eigenvalue weighted by Crippen LogP contribution is -2.47. The Morgan fingerprint density at radius 1 is 1.29 bits per heavy atom. The highest BCUT2D eigenvalue weighted by Crippen LogP contribution is 2.16. The molecule has 6 nitrogen and oxygen atoms in total. The van der Waals surface area contributed by atoms with Gasteiger partial charge in [-0.3, -0.25) is 4.79 Å². The summed E-state index contributed by atoms with van der Waals surface area (Å²) in [6, 6.07) is -0.692. The van der Waals surface area contributed by atoms with E-state index < -0.39 is 16.1 Å². The molecule has 21 heavy (non-hydrogen) atoms. The van der Waals surface area contributed by atoms with E-state index in [1.807, 2.05) is 13.8 Å². The fraction of sp³-hybridized carbons (Fsp3) is 0.929. The number of likely N-dealkylation sites (N-methyl/N-ethyl adjacent to an activating group) is 1. The van der Waals surface area contributed by atoms with Crippen LogP contribution in [0.15, 0.2) is 0 Å². The van der Waals surface area contributed by atoms with Gasteiger partial charge >= 0.3 is 0 Å². The Bertz CT molecular complexity index is 415. The van der Waals surface area contributed by atoms with Crippen LogP contribution in [0.2, 0.25) is 0 Å². The van der Waals surface area contributed by atoms with Gasteiger partial charge in [-0.25, -0.2) is 13.1 Å². The molecule has 0 aromatic rings. The molecule has 2 N–H and O–H groups in total. The highest BCUT2D eigenvalue weighted by molar-refractivity contribution is 7.89. The molecule has 124 valence electrons. The maximum absolute atomic E-state index is 12.1. The SMILES string of the molecule is CCN(CC)C(=O)C(C)NS(=O)(=O)CCC1CCNCC1. The standard InChI is InChI=1S/C14H29N3O3S/c1-4-17(5-2)14(18)12(3)16-21(19,20)11-8-13-6-9-15-10-7-13/h12-13,15-16H,4-11H2,1-3H3. The van der Waals surface area contributed by atoms with E-state index in [-0.39, 0.29) is 11.7 Å². The first-order valence-corrected chi connectivity index (χ1v) is 9.54. The second-order valence-electron chi connectivity index (χ2n) is 5.65. The average Bonchev–Trinajstić information content (AvgIpc) is 2.47. The van der Waals surface area contributed by atoms with Crippen molar-refractivity contribution in [2.24, 2.45) is 5.92 Å². The van der Waals surface area contributed by atoms with E-state index in [0.29, 0.717) is 25.4 Å². The quantitative estimate of drug-likeness (QED) is 0.685. The van der Waals surface area contributed by atoms with E-state index in [1.54, 1.807) is 11.8 Å². The summed E-state index contributed by atoms with van der Waals surface area (Å²) in [5, 5.41) is 3.27. The number of nitrogens with zero attached hydrogens (tertiary/aromatic N) is 1. The third-order valence-electron chi connectivity index (χ3n) is 4.06. The molecule has 1 amide bonds. The van der Waals surface area contributed by atoms with Crippen molar-refractivity contribution in [2.75, 3.05) is 31.9 Å². The molecule has 1 atom stereocenters. The Kier molecular flexibility index (Phi) is 7.62. The number of amides is 1. The minimum absolute atomic E-state index is 0.105. The molecule has 1 heterocycles. The van der Waals surface area contributed by atoms with Gasteiger partial charge in [0.15, 0.2) is 0 Å². The summed E-state index contributed by atoms with van der Waals surface area (Å²) in [7, 11) is -3.39. The Morgan fingerprint density at radius 2 is 1.86 bits per heavy atom. The monoisotopic (exact) mass is 319 g/mol. The first kappa shape index (κ1) is 18.4. The number of hydrogen-bond acceptors (Lipinski definition) is 4. The van der Waals surface area contributed by atoms with Crippen LogP contribution in [0.25, 0.3) is 0 Å². The van der Waals surface area contributed by atoms with Gasteiger partial charge in [-0.05, 0) is 59.0 Å². The molecule has 0 spiro atoms. The molecule has 0 radical (unpaired) electrons. The zero-order valence-corrected chi connectivity index (χ0v) is 14.2. The number of sulfonamides is 1. The van der Waals surface area contributed by atoms with Gasteiger partial charge in [0.1, 0.15) is 0 Å². The van der Waals surface area contributed by atoms with Crippen LogP contribution in [-0.4, -0.2) is 57.2 Å². The van der Waals surface area contributed by atoms with Gasteiger partial charge in [0.05, 0.1) is 11.8 Å². The predicted octanol–water partition coefficient (Wildman–Crippen LogP) is 0.552. The van der Waals surface area contributed by atoms with E-state index in [1.165, 1.54) is 0 Å². The topological polar surface area (TPSA) is 78.5 Å². The molecule has 1 aliphatic rings. The van der Waals surface area contributed by atoms with Crippen LogP contribution in [0.3, 0.4) is 0 Å². The Morgan fingerprint density at radius 3 is 2.38 bits per heavy atom. The van der Waals surface area contributed by atoms with Gasteiger partial charge in [0.25, 0.3) is 0 Å². The second kappa shape index (κ2) is 8.70. The molecule has 1 saturated heterocycles. The number of carbonyl (C=O) groups excluding carboxylic acids is 1. The van der Waals surface area contributed by atoms with Crippen molar-refractivity contribution in [1.29, 1.82) is 0 Å². The predicted molar refractivity (Wildman–Crippen MR) is 84.5 cm³/mol. The van der Waals surface area contributed by atoms with Gasteiger partial charge in [-0.2, -0.15) is 0 Å². The summed E-state index contributed by atoms with van der Waals surface area (Å²) in [6.45, 7) is 8.51. The summed E-state index contributed by atoms with van der Waals surface area (Å²) in [6.07, 6.45) is 2.73. The Hall–Kier alpha value is -0.660. The van der Waals surface area contributed by atoms with Gasteiger partial charge in [-0.15, -0.1) is 0 Å². The van der Waals surface area contributed by atoms with E-state index >= 15 is 0 Å². The van der Waals surface area contributed by atoms with Crippen LogP contribution in [-0.2, 0) is 14.8 Å². The third kappa shape index (κ3) is 6.32. The number of nitrogens with one attached hydrogen (secondary N) is 2. The van der Waals surface area contributed by atoms with Crippen molar-refractivity contribution >= 4 is 15.9 Å². The molecule has 1 fully saturated rings. The van der Waals surface area contributed by atoms with E-state index in [4.69, 9.17) is 0 Å². The summed E-state index contributed by atoms with van der Waals surface area (Å²) in [4.78, 5) is 13.7. The molecular weight excluding hydrogens is 290 g/mol. The Labute approximate surface area is 128 Å². The minimum atomic E-state index is -3.39. The van der Waals surface area contributed by atoms with Gasteiger partial charge in [-0.1, -0.05) is 0 Å². The fourth-order valence-electron chi connectivity index (χ4n) is 2.68. The molecule has 0 bridgehead atoms. The first-order valence-electron chi connectivity index (χ1n) is 7.89. The molecular formula is C14H29N3O3S. The smallest absolute Gasteiger partial charge is 0.240 e. The summed E-state index contributed by atoms with van der Waals surface area (Å²) in [5.74, 6) is 0.412. The molecule has 0 aromatic heterocycles. The van der Waals surface area contributed by atoms with E-state index in [0.717, 1.165) is 25.9 Å². The molecule has 7 heteroatoms. The summed E-state index contributed by atoms with van der Waals surface area (Å²) < 4.78 is 26.7. The van der Waals surface area contributed by atoms with Crippen LogP contribution < -0.4 is 10.0 Å². The lowest BCUT2D eigenvalue weighted by Gasteiger charge is -2.24. The van der Waals surface area contributed by atoms with Crippen molar-refractivity contribution < 1.29 is 13.2 Å². The van der Waals surface area contributed by atoms with Gasteiger partial charge in [0, 0.05) is 13.1 Å². The minimum Gasteiger partial charge on any atom is -0.342 e. The van der Waals surface area contributed by atoms with Crippen molar-refractivity contribution in [2.45, 2.75) is 46.1 Å². The third-order valence-corrected chi connectivity index (χ3v) is 5.54. The van der Waals surface area contributed by atoms with Gasteiger partial charge < -0.3 is 10.2 Å². The Balaban J connectivity index is 2.45. The number of carbonyl (C=O) groups is 1. The van der Waals surface area contributed by atoms with Crippen LogP contribution in [0.5, 0.6) is 0 Å². The average molecular weight is 319 g/mol. The van der Waals surface area contributed by atoms with Crippen molar-refractivity contribution in [3.8, 4) is 0 Å². The second-order valence-corrected chi connectivity index (χ2v) is 7.52. The maximum Gasteiger partial charge on any atom is 0.240 e. The normalized spacial score (nSPS) is 18.4. The number of rotatable bonds is 8. The van der Waals surface area contributed by atoms with Crippen LogP contribution in [0, 0.1) is 5.92 Å². The highest BCUT2D eigenvalue weighted by Gasteiger charge is 2.24. The lowest BCUT2D eigenvalue weighted by atomic mass is 9.96.